The first-order chi connectivity index (χ1) is 12.5. The van der Waals surface area contributed by atoms with E-state index in [-0.39, 0.29) is 24.4 Å². The average molecular weight is 355 g/mol. The molecular weight excluding hydrogens is 334 g/mol. The number of carbonyl (C=O) groups is 2. The number of hydrogen-bond donors (Lipinski definition) is 2. The van der Waals surface area contributed by atoms with Crippen molar-refractivity contribution in [3.05, 3.63) is 36.2 Å². The summed E-state index contributed by atoms with van der Waals surface area (Å²) in [5.74, 6) is -0.0452. The Balaban J connectivity index is 2.02. The minimum atomic E-state index is -0.361. The maximum Gasteiger partial charge on any atom is 0.252 e. The number of likely N-dealkylation sites (N-methyl/N-ethyl adjacent to an activating group) is 1. The van der Waals surface area contributed by atoms with Crippen molar-refractivity contribution in [3.8, 4) is 11.5 Å². The summed E-state index contributed by atoms with van der Waals surface area (Å²) in [6, 6.07) is 5.27. The largest absolute Gasteiger partial charge is 0.463 e. The SMILES string of the molecule is CCNC(=O)CNC(=O)c1cc(-c2ccco2)nc2c1cnn2C(C)C. The van der Waals surface area contributed by atoms with Crippen LogP contribution in [0.5, 0.6) is 0 Å². The van der Waals surface area contributed by atoms with E-state index in [9.17, 15) is 9.59 Å². The molecule has 136 valence electrons. The van der Waals surface area contributed by atoms with Gasteiger partial charge in [0.15, 0.2) is 11.4 Å². The number of rotatable bonds is 6. The highest BCUT2D eigenvalue weighted by Crippen LogP contribution is 2.26. The predicted molar refractivity (Wildman–Crippen MR) is 96.6 cm³/mol. The van der Waals surface area contributed by atoms with Crippen LogP contribution in [-0.4, -0.2) is 39.7 Å². The number of aromatic nitrogens is 3. The van der Waals surface area contributed by atoms with Crippen LogP contribution in [-0.2, 0) is 4.79 Å². The van der Waals surface area contributed by atoms with Crippen LogP contribution >= 0.6 is 0 Å². The summed E-state index contributed by atoms with van der Waals surface area (Å²) < 4.78 is 7.17. The molecule has 0 aromatic carbocycles. The summed E-state index contributed by atoms with van der Waals surface area (Å²) >= 11 is 0. The van der Waals surface area contributed by atoms with Crippen molar-refractivity contribution in [2.75, 3.05) is 13.1 Å². The molecule has 0 aliphatic rings. The van der Waals surface area contributed by atoms with Gasteiger partial charge < -0.3 is 15.1 Å². The lowest BCUT2D eigenvalue weighted by molar-refractivity contribution is -0.120. The molecule has 3 heterocycles. The fourth-order valence-electron chi connectivity index (χ4n) is 2.65. The molecule has 0 saturated heterocycles. The molecule has 0 radical (unpaired) electrons. The number of pyridine rings is 1. The van der Waals surface area contributed by atoms with Gasteiger partial charge >= 0.3 is 0 Å². The molecule has 2 N–H and O–H groups in total. The van der Waals surface area contributed by atoms with E-state index in [1.165, 1.54) is 0 Å². The van der Waals surface area contributed by atoms with Gasteiger partial charge in [-0.25, -0.2) is 9.67 Å². The Morgan fingerprint density at radius 2 is 2.12 bits per heavy atom. The van der Waals surface area contributed by atoms with Gasteiger partial charge in [-0.1, -0.05) is 0 Å². The van der Waals surface area contributed by atoms with Crippen molar-refractivity contribution in [2.45, 2.75) is 26.8 Å². The molecule has 0 fully saturated rings. The van der Waals surface area contributed by atoms with Gasteiger partial charge in [-0.15, -0.1) is 0 Å². The van der Waals surface area contributed by atoms with Crippen molar-refractivity contribution >= 4 is 22.8 Å². The summed E-state index contributed by atoms with van der Waals surface area (Å²) in [6.07, 6.45) is 3.17. The Kier molecular flexibility index (Phi) is 5.01. The maximum atomic E-state index is 12.7. The fraction of sp³-hybridized carbons (Fsp3) is 0.333. The molecule has 3 rings (SSSR count). The quantitative estimate of drug-likeness (QED) is 0.705. The zero-order valence-corrected chi connectivity index (χ0v) is 14.9. The molecule has 0 aliphatic carbocycles. The third kappa shape index (κ3) is 3.44. The van der Waals surface area contributed by atoms with Crippen LogP contribution in [0.2, 0.25) is 0 Å². The van der Waals surface area contributed by atoms with E-state index >= 15 is 0 Å². The van der Waals surface area contributed by atoms with Gasteiger partial charge in [0, 0.05) is 12.6 Å². The lowest BCUT2D eigenvalue weighted by atomic mass is 10.1. The third-order valence-electron chi connectivity index (χ3n) is 3.86. The molecular formula is C18H21N5O3. The first-order valence-electron chi connectivity index (χ1n) is 8.48. The zero-order chi connectivity index (χ0) is 18.7. The van der Waals surface area contributed by atoms with Gasteiger partial charge in [0.05, 0.1) is 30.0 Å². The van der Waals surface area contributed by atoms with Gasteiger partial charge in [-0.05, 0) is 39.0 Å². The lowest BCUT2D eigenvalue weighted by Gasteiger charge is -2.10. The molecule has 8 nitrogen and oxygen atoms in total. The van der Waals surface area contributed by atoms with Gasteiger partial charge in [0.25, 0.3) is 5.91 Å². The van der Waals surface area contributed by atoms with Crippen LogP contribution in [0.25, 0.3) is 22.5 Å². The number of amides is 2. The van der Waals surface area contributed by atoms with Crippen LogP contribution in [0.15, 0.2) is 35.1 Å². The number of fused-ring (bicyclic) bond motifs is 1. The van der Waals surface area contributed by atoms with Crippen molar-refractivity contribution in [2.24, 2.45) is 0 Å². The second-order valence-electron chi connectivity index (χ2n) is 6.09. The molecule has 0 spiro atoms. The number of furan rings is 1. The predicted octanol–water partition coefficient (Wildman–Crippen LogP) is 2.14. The maximum absolute atomic E-state index is 12.7. The van der Waals surface area contributed by atoms with Crippen molar-refractivity contribution in [3.63, 3.8) is 0 Å². The topological polar surface area (TPSA) is 102 Å². The Bertz CT molecular complexity index is 928. The van der Waals surface area contributed by atoms with E-state index in [0.29, 0.717) is 34.6 Å². The number of hydrogen-bond acceptors (Lipinski definition) is 5. The van der Waals surface area contributed by atoms with E-state index in [0.717, 1.165) is 0 Å². The van der Waals surface area contributed by atoms with Crippen molar-refractivity contribution < 1.29 is 14.0 Å². The highest BCUT2D eigenvalue weighted by Gasteiger charge is 2.19. The van der Waals surface area contributed by atoms with E-state index in [1.54, 1.807) is 35.3 Å². The van der Waals surface area contributed by atoms with Crippen LogP contribution in [0.4, 0.5) is 0 Å². The monoisotopic (exact) mass is 355 g/mol. The number of nitrogens with zero attached hydrogens (tertiary/aromatic N) is 3. The van der Waals surface area contributed by atoms with Gasteiger partial charge in [0.2, 0.25) is 5.91 Å². The molecule has 3 aromatic heterocycles. The van der Waals surface area contributed by atoms with E-state index in [2.05, 4.69) is 20.7 Å². The van der Waals surface area contributed by atoms with Crippen LogP contribution < -0.4 is 10.6 Å². The van der Waals surface area contributed by atoms with E-state index < -0.39 is 0 Å². The highest BCUT2D eigenvalue weighted by atomic mass is 16.3. The summed E-state index contributed by atoms with van der Waals surface area (Å²) in [7, 11) is 0. The second-order valence-corrected chi connectivity index (χ2v) is 6.09. The standard InChI is InChI=1S/C18H21N5O3/c1-4-19-16(24)10-20-18(25)12-8-14(15-6-5-7-26-15)22-17-13(12)9-21-23(17)11(2)3/h5-9,11H,4,10H2,1-3H3,(H,19,24)(H,20,25). The Morgan fingerprint density at radius 1 is 1.31 bits per heavy atom. The average Bonchev–Trinajstić information content (AvgIpc) is 3.28. The third-order valence-corrected chi connectivity index (χ3v) is 3.86. The molecule has 0 atom stereocenters. The van der Waals surface area contributed by atoms with Crippen LogP contribution in [0.3, 0.4) is 0 Å². The molecule has 0 unspecified atom stereocenters. The van der Waals surface area contributed by atoms with Crippen molar-refractivity contribution in [1.29, 1.82) is 0 Å². The van der Waals surface area contributed by atoms with E-state index in [1.807, 2.05) is 20.8 Å². The van der Waals surface area contributed by atoms with Crippen molar-refractivity contribution in [1.82, 2.24) is 25.4 Å². The Labute approximate surface area is 150 Å². The lowest BCUT2D eigenvalue weighted by Crippen LogP contribution is -2.36. The first kappa shape index (κ1) is 17.7. The smallest absolute Gasteiger partial charge is 0.252 e. The summed E-state index contributed by atoms with van der Waals surface area (Å²) in [4.78, 5) is 28.9. The minimum absolute atomic E-state index is 0.0816. The molecule has 0 aliphatic heterocycles. The molecule has 8 heteroatoms. The molecule has 0 bridgehead atoms. The normalized spacial score (nSPS) is 11.1. The van der Waals surface area contributed by atoms with Crippen LogP contribution in [0, 0.1) is 0 Å². The molecule has 3 aromatic rings. The summed E-state index contributed by atoms with van der Waals surface area (Å²) in [6.45, 7) is 6.22. The molecule has 0 saturated carbocycles. The second kappa shape index (κ2) is 7.38. The van der Waals surface area contributed by atoms with Gasteiger partial charge in [-0.2, -0.15) is 5.10 Å². The number of carbonyl (C=O) groups excluding carboxylic acids is 2. The zero-order valence-electron chi connectivity index (χ0n) is 14.9. The van der Waals surface area contributed by atoms with Gasteiger partial charge in [-0.3, -0.25) is 9.59 Å². The summed E-state index contributed by atoms with van der Waals surface area (Å²) in [5, 5.41) is 10.3. The Hall–Kier alpha value is -3.16. The Morgan fingerprint density at radius 3 is 2.77 bits per heavy atom. The van der Waals surface area contributed by atoms with E-state index in [4.69, 9.17) is 4.42 Å². The first-order valence-corrected chi connectivity index (χ1v) is 8.48. The molecule has 26 heavy (non-hydrogen) atoms. The highest BCUT2D eigenvalue weighted by molar-refractivity contribution is 6.07. The van der Waals surface area contributed by atoms with Crippen LogP contribution in [0.1, 0.15) is 37.2 Å². The minimum Gasteiger partial charge on any atom is -0.463 e. The fourth-order valence-corrected chi connectivity index (χ4v) is 2.65. The molecule has 2 amide bonds. The van der Waals surface area contributed by atoms with Gasteiger partial charge in [0.1, 0.15) is 5.69 Å². The summed E-state index contributed by atoms with van der Waals surface area (Å²) in [5.41, 5.74) is 1.53. The number of nitrogens with one attached hydrogen (secondary N) is 2.